The van der Waals surface area contributed by atoms with Gasteiger partial charge in [-0.1, -0.05) is 29.3 Å². The van der Waals surface area contributed by atoms with Crippen LogP contribution in [0.1, 0.15) is 12.5 Å². The third kappa shape index (κ3) is 5.77. The summed E-state index contributed by atoms with van der Waals surface area (Å²) in [4.78, 5) is 24.3. The molecule has 2 aromatic carbocycles. The highest BCUT2D eigenvalue weighted by Crippen LogP contribution is 2.28. The fraction of sp³-hybridized carbons (Fsp3) is 0.263. The van der Waals surface area contributed by atoms with Gasteiger partial charge in [0.25, 0.3) is 5.91 Å². The number of anilines is 1. The van der Waals surface area contributed by atoms with Crippen molar-refractivity contribution < 1.29 is 23.8 Å². The van der Waals surface area contributed by atoms with E-state index in [0.29, 0.717) is 32.8 Å². The average Bonchev–Trinajstić information content (AvgIpc) is 2.63. The zero-order chi connectivity index (χ0) is 20.0. The number of rotatable bonds is 7. The molecule has 8 heteroatoms. The molecule has 144 valence electrons. The van der Waals surface area contributed by atoms with Gasteiger partial charge in [-0.15, -0.1) is 0 Å². The summed E-state index contributed by atoms with van der Waals surface area (Å²) in [7, 11) is 3.04. The van der Waals surface area contributed by atoms with Gasteiger partial charge in [-0.3, -0.25) is 9.59 Å². The fourth-order valence-corrected chi connectivity index (χ4v) is 2.73. The number of methoxy groups -OCH3 is 2. The molecule has 0 radical (unpaired) electrons. The van der Waals surface area contributed by atoms with Crippen molar-refractivity contribution in [1.29, 1.82) is 0 Å². The molecule has 0 spiro atoms. The first kappa shape index (κ1) is 20.9. The molecular formula is C19H19Cl2NO5. The number of amides is 1. The summed E-state index contributed by atoms with van der Waals surface area (Å²) in [6.45, 7) is 1.48. The Labute approximate surface area is 167 Å². The first-order valence-electron chi connectivity index (χ1n) is 8.00. The number of hydrogen-bond donors (Lipinski definition) is 1. The summed E-state index contributed by atoms with van der Waals surface area (Å²) in [5.74, 6) is 0.0140. The van der Waals surface area contributed by atoms with Crippen LogP contribution in [0.2, 0.25) is 10.0 Å². The van der Waals surface area contributed by atoms with Gasteiger partial charge in [0.15, 0.2) is 17.6 Å². The molecule has 6 nitrogen and oxygen atoms in total. The second-order valence-corrected chi connectivity index (χ2v) is 6.46. The molecule has 0 unspecified atom stereocenters. The lowest BCUT2D eigenvalue weighted by Crippen LogP contribution is -2.30. The molecule has 0 aliphatic carbocycles. The van der Waals surface area contributed by atoms with Crippen molar-refractivity contribution in [2.24, 2.45) is 0 Å². The Morgan fingerprint density at radius 2 is 1.74 bits per heavy atom. The van der Waals surface area contributed by atoms with Crippen LogP contribution in [0.25, 0.3) is 0 Å². The summed E-state index contributed by atoms with van der Waals surface area (Å²) in [6.07, 6.45) is -1.01. The number of esters is 1. The van der Waals surface area contributed by atoms with E-state index in [1.165, 1.54) is 27.2 Å². The molecule has 2 aromatic rings. The van der Waals surface area contributed by atoms with E-state index in [1.807, 2.05) is 0 Å². The second kappa shape index (κ2) is 9.48. The van der Waals surface area contributed by atoms with Crippen LogP contribution in [0.4, 0.5) is 5.69 Å². The van der Waals surface area contributed by atoms with Crippen molar-refractivity contribution in [2.75, 3.05) is 19.5 Å². The van der Waals surface area contributed by atoms with Crippen LogP contribution in [0.15, 0.2) is 36.4 Å². The normalized spacial score (nSPS) is 11.4. The number of carbonyl (C=O) groups excluding carboxylic acids is 2. The van der Waals surface area contributed by atoms with E-state index in [2.05, 4.69) is 5.32 Å². The summed E-state index contributed by atoms with van der Waals surface area (Å²) in [5.41, 5.74) is 1.06. The Balaban J connectivity index is 1.95. The van der Waals surface area contributed by atoms with Crippen molar-refractivity contribution in [3.63, 3.8) is 0 Å². The van der Waals surface area contributed by atoms with E-state index in [1.54, 1.807) is 30.3 Å². The van der Waals surface area contributed by atoms with Gasteiger partial charge in [0.05, 0.1) is 31.4 Å². The molecule has 0 heterocycles. The maximum Gasteiger partial charge on any atom is 0.311 e. The molecule has 1 atom stereocenters. The van der Waals surface area contributed by atoms with Gasteiger partial charge in [0.1, 0.15) is 0 Å². The molecule has 0 aliphatic rings. The summed E-state index contributed by atoms with van der Waals surface area (Å²) >= 11 is 11.8. The lowest BCUT2D eigenvalue weighted by Gasteiger charge is -2.15. The maximum absolute atomic E-state index is 12.2. The number of halogens is 2. The standard InChI is InChI=1S/C19H19Cl2NO5/c1-11(19(24)22-15-6-5-13(20)10-14(15)21)27-18(23)9-12-4-7-16(25-2)17(8-12)26-3/h4-8,10-11H,9H2,1-3H3,(H,22,24)/t11-/m0/s1. The predicted octanol–water partition coefficient (Wildman–Crippen LogP) is 4.12. The molecule has 0 fully saturated rings. The van der Waals surface area contributed by atoms with E-state index < -0.39 is 18.0 Å². The summed E-state index contributed by atoms with van der Waals surface area (Å²) in [6, 6.07) is 9.77. The molecule has 1 amide bonds. The lowest BCUT2D eigenvalue weighted by molar-refractivity contribution is -0.152. The van der Waals surface area contributed by atoms with Gasteiger partial charge in [0, 0.05) is 5.02 Å². The molecule has 0 saturated carbocycles. The molecular weight excluding hydrogens is 393 g/mol. The zero-order valence-electron chi connectivity index (χ0n) is 15.0. The number of benzene rings is 2. The maximum atomic E-state index is 12.2. The van der Waals surface area contributed by atoms with Gasteiger partial charge in [0.2, 0.25) is 0 Å². The Hall–Kier alpha value is -2.44. The van der Waals surface area contributed by atoms with Gasteiger partial charge in [-0.05, 0) is 42.8 Å². The number of hydrogen-bond acceptors (Lipinski definition) is 5. The van der Waals surface area contributed by atoms with Crippen molar-refractivity contribution in [3.05, 3.63) is 52.0 Å². The summed E-state index contributed by atoms with van der Waals surface area (Å²) < 4.78 is 15.5. The van der Waals surface area contributed by atoms with Crippen LogP contribution >= 0.6 is 23.2 Å². The van der Waals surface area contributed by atoms with E-state index >= 15 is 0 Å². The van der Waals surface area contributed by atoms with Crippen LogP contribution in [-0.2, 0) is 20.7 Å². The molecule has 1 N–H and O–H groups in total. The SMILES string of the molecule is COc1ccc(CC(=O)O[C@@H](C)C(=O)Nc2ccc(Cl)cc2Cl)cc1OC. The second-order valence-electron chi connectivity index (χ2n) is 5.61. The molecule has 0 aliphatic heterocycles. The molecule has 0 aromatic heterocycles. The van der Waals surface area contributed by atoms with Crippen LogP contribution in [0.5, 0.6) is 11.5 Å². The van der Waals surface area contributed by atoms with Crippen molar-refractivity contribution in [1.82, 2.24) is 0 Å². The van der Waals surface area contributed by atoms with E-state index in [0.717, 1.165) is 0 Å². The Morgan fingerprint density at radius 1 is 1.04 bits per heavy atom. The van der Waals surface area contributed by atoms with Crippen LogP contribution in [0.3, 0.4) is 0 Å². The molecule has 2 rings (SSSR count). The number of ether oxygens (including phenoxy) is 3. The highest BCUT2D eigenvalue weighted by atomic mass is 35.5. The smallest absolute Gasteiger partial charge is 0.311 e. The summed E-state index contributed by atoms with van der Waals surface area (Å²) in [5, 5.41) is 3.34. The minimum absolute atomic E-state index is 0.0142. The highest BCUT2D eigenvalue weighted by molar-refractivity contribution is 6.36. The first-order chi connectivity index (χ1) is 12.8. The molecule has 27 heavy (non-hydrogen) atoms. The third-order valence-corrected chi connectivity index (χ3v) is 4.21. The highest BCUT2D eigenvalue weighted by Gasteiger charge is 2.19. The van der Waals surface area contributed by atoms with Crippen LogP contribution < -0.4 is 14.8 Å². The Morgan fingerprint density at radius 3 is 2.37 bits per heavy atom. The molecule has 0 bridgehead atoms. The van der Waals surface area contributed by atoms with Crippen molar-refractivity contribution in [3.8, 4) is 11.5 Å². The number of carbonyl (C=O) groups is 2. The third-order valence-electron chi connectivity index (χ3n) is 3.66. The quantitative estimate of drug-likeness (QED) is 0.693. The lowest BCUT2D eigenvalue weighted by atomic mass is 10.1. The Kier molecular flexibility index (Phi) is 7.33. The average molecular weight is 412 g/mol. The predicted molar refractivity (Wildman–Crippen MR) is 104 cm³/mol. The van der Waals surface area contributed by atoms with Gasteiger partial charge in [-0.25, -0.2) is 0 Å². The van der Waals surface area contributed by atoms with Crippen molar-refractivity contribution >= 4 is 40.8 Å². The monoisotopic (exact) mass is 411 g/mol. The van der Waals surface area contributed by atoms with E-state index in [4.69, 9.17) is 37.4 Å². The van der Waals surface area contributed by atoms with Gasteiger partial charge < -0.3 is 19.5 Å². The van der Waals surface area contributed by atoms with E-state index in [-0.39, 0.29) is 6.42 Å². The molecule has 0 saturated heterocycles. The topological polar surface area (TPSA) is 73.9 Å². The fourth-order valence-electron chi connectivity index (χ4n) is 2.27. The van der Waals surface area contributed by atoms with Gasteiger partial charge >= 0.3 is 5.97 Å². The van der Waals surface area contributed by atoms with Crippen LogP contribution in [0, 0.1) is 0 Å². The van der Waals surface area contributed by atoms with Crippen LogP contribution in [-0.4, -0.2) is 32.2 Å². The first-order valence-corrected chi connectivity index (χ1v) is 8.76. The zero-order valence-corrected chi connectivity index (χ0v) is 16.6. The number of nitrogens with one attached hydrogen (secondary N) is 1. The minimum atomic E-state index is -0.996. The largest absolute Gasteiger partial charge is 0.493 e. The Bertz CT molecular complexity index is 841. The minimum Gasteiger partial charge on any atom is -0.493 e. The van der Waals surface area contributed by atoms with Crippen molar-refractivity contribution in [2.45, 2.75) is 19.4 Å². The van der Waals surface area contributed by atoms with Gasteiger partial charge in [-0.2, -0.15) is 0 Å². The van der Waals surface area contributed by atoms with E-state index in [9.17, 15) is 9.59 Å².